The predicted octanol–water partition coefficient (Wildman–Crippen LogP) is 6.51. The molecule has 0 bridgehead atoms. The predicted molar refractivity (Wildman–Crippen MR) is 155 cm³/mol. The highest BCUT2D eigenvalue weighted by atomic mass is 32.2. The van der Waals surface area contributed by atoms with Crippen LogP contribution in [0.4, 0.5) is 34.1 Å². The Morgan fingerprint density at radius 3 is 1.91 bits per heavy atom. The van der Waals surface area contributed by atoms with Crippen molar-refractivity contribution in [2.75, 3.05) is 5.73 Å². The Morgan fingerprint density at radius 2 is 1.28 bits per heavy atom. The molecule has 0 aliphatic heterocycles. The lowest BCUT2D eigenvalue weighted by Gasteiger charge is -2.09. The number of non-ortho nitro benzene ring substituents is 1. The van der Waals surface area contributed by atoms with Gasteiger partial charge in [-0.15, -0.1) is 15.3 Å². The molecule has 0 radical (unpaired) electrons. The van der Waals surface area contributed by atoms with E-state index in [-0.39, 0.29) is 44.6 Å². The minimum atomic E-state index is -4.61. The van der Waals surface area contributed by atoms with E-state index in [2.05, 4.69) is 20.5 Å². The lowest BCUT2D eigenvalue weighted by molar-refractivity contribution is -0.384. The fourth-order valence-electron chi connectivity index (χ4n) is 4.14. The van der Waals surface area contributed by atoms with E-state index in [0.717, 1.165) is 24.3 Å². The molecule has 0 fully saturated rings. The molecule has 0 unspecified atom stereocenters. The maximum atomic E-state index is 11.8. The first-order valence-electron chi connectivity index (χ1n) is 11.9. The average Bonchev–Trinajstić information content (AvgIpc) is 2.95. The fourth-order valence-corrected chi connectivity index (χ4v) is 5.28. The Bertz CT molecular complexity index is 2240. The van der Waals surface area contributed by atoms with Crippen LogP contribution >= 0.6 is 0 Å². The number of phenolic OH excluding ortho intramolecular Hbond substituents is 1. The van der Waals surface area contributed by atoms with Gasteiger partial charge in [-0.25, -0.2) is 0 Å². The number of nitrogens with two attached hydrogens (primary N) is 1. The normalized spacial score (nSPS) is 12.5. The summed E-state index contributed by atoms with van der Waals surface area (Å²) in [5.74, 6) is -0.397. The molecule has 0 amide bonds. The van der Waals surface area contributed by atoms with Crippen molar-refractivity contribution >= 4 is 75.9 Å². The van der Waals surface area contributed by atoms with Crippen LogP contribution in [0.5, 0.6) is 5.75 Å². The van der Waals surface area contributed by atoms with E-state index in [0.29, 0.717) is 11.1 Å². The Balaban J connectivity index is 1.58. The van der Waals surface area contributed by atoms with Gasteiger partial charge in [0, 0.05) is 28.3 Å². The van der Waals surface area contributed by atoms with Crippen molar-refractivity contribution in [2.24, 2.45) is 20.5 Å². The third kappa shape index (κ3) is 5.99. The second-order valence-electron chi connectivity index (χ2n) is 8.98. The number of azo groups is 2. The summed E-state index contributed by atoms with van der Waals surface area (Å²) in [5.41, 5.74) is 5.97. The lowest BCUT2D eigenvalue weighted by Crippen LogP contribution is -2.03. The molecule has 0 aliphatic carbocycles. The standard InChI is InChI=1S/C26H18N6O9S2/c27-21-13-19-14(11-25(21)43(39,40)41)1-8-24(26(19)33)31-30-23-10-9-22(18-7-6-17(12-20(18)23)42(36,37)38)29-28-15-2-4-16(5-3-15)32(34)35/h1-13,33H,27H2,(H,36,37,38)(H,39,40,41). The van der Waals surface area contributed by atoms with Crippen LogP contribution in [0.15, 0.2) is 109 Å². The first-order valence-corrected chi connectivity index (χ1v) is 14.8. The van der Waals surface area contributed by atoms with Gasteiger partial charge in [0.25, 0.3) is 25.9 Å². The van der Waals surface area contributed by atoms with Crippen molar-refractivity contribution in [3.05, 3.63) is 89.0 Å². The maximum Gasteiger partial charge on any atom is 0.296 e. The molecule has 43 heavy (non-hydrogen) atoms. The van der Waals surface area contributed by atoms with Crippen LogP contribution in [0, 0.1) is 10.1 Å². The summed E-state index contributed by atoms with van der Waals surface area (Å²) < 4.78 is 65.8. The summed E-state index contributed by atoms with van der Waals surface area (Å²) >= 11 is 0. The van der Waals surface area contributed by atoms with Crippen molar-refractivity contribution < 1.29 is 36.0 Å². The van der Waals surface area contributed by atoms with Gasteiger partial charge in [0.1, 0.15) is 10.6 Å². The van der Waals surface area contributed by atoms with Crippen LogP contribution in [-0.2, 0) is 20.2 Å². The number of nitrogens with zero attached hydrogens (tertiary/aromatic N) is 5. The number of nitro benzene ring substituents is 1. The molecule has 0 aromatic heterocycles. The average molecular weight is 623 g/mol. The van der Waals surface area contributed by atoms with Gasteiger partial charge in [0.2, 0.25) is 0 Å². The van der Waals surface area contributed by atoms with Gasteiger partial charge in [-0.3, -0.25) is 19.2 Å². The summed E-state index contributed by atoms with van der Waals surface area (Å²) in [6.45, 7) is 0. The molecule has 0 heterocycles. The highest BCUT2D eigenvalue weighted by molar-refractivity contribution is 7.86. The van der Waals surface area contributed by atoms with E-state index < -0.39 is 40.7 Å². The number of nitrogen functional groups attached to an aromatic ring is 1. The third-order valence-corrected chi connectivity index (χ3v) is 7.98. The quantitative estimate of drug-likeness (QED) is 0.0503. The third-order valence-electron chi connectivity index (χ3n) is 6.22. The lowest BCUT2D eigenvalue weighted by atomic mass is 10.1. The van der Waals surface area contributed by atoms with Gasteiger partial charge >= 0.3 is 0 Å². The first-order chi connectivity index (χ1) is 20.2. The minimum absolute atomic E-state index is 0.0486. The number of aromatic hydroxyl groups is 1. The Hall–Kier alpha value is -5.36. The Kier molecular flexibility index (Phi) is 7.32. The zero-order valence-electron chi connectivity index (χ0n) is 21.4. The van der Waals surface area contributed by atoms with Crippen molar-refractivity contribution in [3.63, 3.8) is 0 Å². The van der Waals surface area contributed by atoms with E-state index >= 15 is 0 Å². The second-order valence-corrected chi connectivity index (χ2v) is 11.8. The molecule has 17 heteroatoms. The molecule has 0 spiro atoms. The van der Waals surface area contributed by atoms with Crippen LogP contribution in [-0.4, -0.2) is 36.0 Å². The summed E-state index contributed by atoms with van der Waals surface area (Å²) in [5, 5.41) is 39.0. The van der Waals surface area contributed by atoms with Crippen molar-refractivity contribution in [2.45, 2.75) is 9.79 Å². The van der Waals surface area contributed by atoms with Gasteiger partial charge in [-0.05, 0) is 60.0 Å². The summed E-state index contributed by atoms with van der Waals surface area (Å²) in [4.78, 5) is 9.36. The van der Waals surface area contributed by atoms with E-state index in [1.54, 1.807) is 0 Å². The highest BCUT2D eigenvalue weighted by Crippen LogP contribution is 2.40. The Morgan fingerprint density at radius 1 is 0.674 bits per heavy atom. The van der Waals surface area contributed by atoms with Crippen molar-refractivity contribution in [3.8, 4) is 5.75 Å². The van der Waals surface area contributed by atoms with Crippen LogP contribution < -0.4 is 5.73 Å². The number of hydrogen-bond acceptors (Lipinski definition) is 12. The van der Waals surface area contributed by atoms with E-state index in [4.69, 9.17) is 5.73 Å². The number of phenols is 1. The molecule has 0 aliphatic rings. The molecule has 0 saturated heterocycles. The zero-order valence-corrected chi connectivity index (χ0v) is 23.1. The molecule has 0 saturated carbocycles. The van der Waals surface area contributed by atoms with Gasteiger partial charge in [-0.1, -0.05) is 12.1 Å². The number of nitro groups is 1. The second kappa shape index (κ2) is 10.8. The molecule has 218 valence electrons. The zero-order chi connectivity index (χ0) is 31.1. The number of fused-ring (bicyclic) bond motifs is 2. The van der Waals surface area contributed by atoms with E-state index in [1.165, 1.54) is 54.6 Å². The first kappa shape index (κ1) is 29.1. The van der Waals surface area contributed by atoms with Crippen LogP contribution in [0.25, 0.3) is 21.5 Å². The smallest absolute Gasteiger partial charge is 0.296 e. The topological polar surface area (TPSA) is 248 Å². The van der Waals surface area contributed by atoms with Crippen molar-refractivity contribution in [1.82, 2.24) is 0 Å². The molecule has 5 N–H and O–H groups in total. The van der Waals surface area contributed by atoms with Gasteiger partial charge in [0.05, 0.1) is 32.6 Å². The molecular weight excluding hydrogens is 604 g/mol. The SMILES string of the molecule is Nc1cc2c(O)c(N=Nc3ccc(N=Nc4ccc([N+](=O)[O-])cc4)c4ccc(S(=O)(=O)O)cc34)ccc2cc1S(=O)(=O)O. The monoisotopic (exact) mass is 622 g/mol. The largest absolute Gasteiger partial charge is 0.505 e. The maximum absolute atomic E-state index is 11.8. The van der Waals surface area contributed by atoms with Crippen LogP contribution in [0.3, 0.4) is 0 Å². The number of benzene rings is 5. The van der Waals surface area contributed by atoms with Gasteiger partial charge < -0.3 is 10.8 Å². The molecule has 0 atom stereocenters. The van der Waals surface area contributed by atoms with Gasteiger partial charge in [-0.2, -0.15) is 21.9 Å². The Labute approximate surface area is 242 Å². The molecule has 15 nitrogen and oxygen atoms in total. The molecule has 5 aromatic carbocycles. The van der Waals surface area contributed by atoms with Gasteiger partial charge in [0.15, 0.2) is 5.75 Å². The summed E-state index contributed by atoms with van der Waals surface area (Å²) in [6, 6.07) is 17.0. The number of hydrogen-bond donors (Lipinski definition) is 4. The van der Waals surface area contributed by atoms with Crippen LogP contribution in [0.1, 0.15) is 0 Å². The van der Waals surface area contributed by atoms with Crippen molar-refractivity contribution in [1.29, 1.82) is 0 Å². The molecule has 5 aromatic rings. The fraction of sp³-hybridized carbons (Fsp3) is 0. The van der Waals surface area contributed by atoms with Crippen LogP contribution in [0.2, 0.25) is 0 Å². The number of anilines is 1. The molecule has 5 rings (SSSR count). The van der Waals surface area contributed by atoms with E-state index in [1.807, 2.05) is 0 Å². The summed E-state index contributed by atoms with van der Waals surface area (Å²) in [6.07, 6.45) is 0. The number of rotatable bonds is 7. The highest BCUT2D eigenvalue weighted by Gasteiger charge is 2.18. The minimum Gasteiger partial charge on any atom is -0.505 e. The molecular formula is C26H18N6O9S2. The van der Waals surface area contributed by atoms with E-state index in [9.17, 15) is 41.2 Å². The summed E-state index contributed by atoms with van der Waals surface area (Å²) in [7, 11) is -9.21.